The van der Waals surface area contributed by atoms with Crippen LogP contribution in [0, 0.1) is 0 Å². The number of ether oxygens (including phenoxy) is 3. The first-order valence-corrected chi connectivity index (χ1v) is 30.4. The van der Waals surface area contributed by atoms with E-state index in [0.29, 0.717) is 19.3 Å². The third-order valence-corrected chi connectivity index (χ3v) is 12.7. The predicted octanol–water partition coefficient (Wildman–Crippen LogP) is 20.7. The zero-order valence-electron chi connectivity index (χ0n) is 47.6. The smallest absolute Gasteiger partial charge is 0.306 e. The van der Waals surface area contributed by atoms with Crippen molar-refractivity contribution in [2.45, 2.75) is 284 Å². The normalized spacial score (nSPS) is 12.9. The van der Waals surface area contributed by atoms with Gasteiger partial charge in [0.15, 0.2) is 6.10 Å². The first-order valence-electron chi connectivity index (χ1n) is 30.4. The van der Waals surface area contributed by atoms with E-state index in [1.807, 2.05) is 0 Å². The van der Waals surface area contributed by atoms with Gasteiger partial charge in [0.2, 0.25) is 0 Å². The lowest BCUT2D eigenvalue weighted by Crippen LogP contribution is -2.30. The molecule has 0 aliphatic rings. The molecule has 0 rings (SSSR count). The largest absolute Gasteiger partial charge is 0.462 e. The first kappa shape index (κ1) is 69.1. The van der Waals surface area contributed by atoms with E-state index in [1.165, 1.54) is 103 Å². The number of rotatable bonds is 54. The number of carbonyl (C=O) groups is 3. The van der Waals surface area contributed by atoms with E-state index in [4.69, 9.17) is 14.2 Å². The Labute approximate surface area is 450 Å². The van der Waals surface area contributed by atoms with Gasteiger partial charge in [-0.25, -0.2) is 0 Å². The Morgan fingerprint density at radius 1 is 0.288 bits per heavy atom. The lowest BCUT2D eigenvalue weighted by molar-refractivity contribution is -0.167. The Morgan fingerprint density at radius 2 is 0.534 bits per heavy atom. The highest BCUT2D eigenvalue weighted by Gasteiger charge is 2.19. The molecule has 416 valence electrons. The van der Waals surface area contributed by atoms with Crippen LogP contribution in [-0.2, 0) is 28.6 Å². The molecule has 0 aromatic heterocycles. The molecule has 6 heteroatoms. The number of esters is 3. The molecule has 0 heterocycles. The summed E-state index contributed by atoms with van der Waals surface area (Å²) in [5.74, 6) is -0.919. The van der Waals surface area contributed by atoms with Gasteiger partial charge in [0, 0.05) is 19.3 Å². The van der Waals surface area contributed by atoms with Crippen molar-refractivity contribution in [2.24, 2.45) is 0 Å². The van der Waals surface area contributed by atoms with Crippen molar-refractivity contribution in [1.82, 2.24) is 0 Å². The van der Waals surface area contributed by atoms with Gasteiger partial charge in [0.1, 0.15) is 13.2 Å². The number of allylic oxidation sites excluding steroid dienone is 18. The third kappa shape index (κ3) is 58.8. The molecule has 0 aromatic carbocycles. The maximum atomic E-state index is 12.9. The fourth-order valence-corrected chi connectivity index (χ4v) is 8.18. The van der Waals surface area contributed by atoms with Gasteiger partial charge >= 0.3 is 17.9 Å². The predicted molar refractivity (Wildman–Crippen MR) is 316 cm³/mol. The van der Waals surface area contributed by atoms with Crippen molar-refractivity contribution in [3.05, 3.63) is 109 Å². The van der Waals surface area contributed by atoms with E-state index in [0.717, 1.165) is 135 Å². The van der Waals surface area contributed by atoms with Crippen LogP contribution in [0.2, 0.25) is 0 Å². The summed E-state index contributed by atoms with van der Waals surface area (Å²) < 4.78 is 16.9. The van der Waals surface area contributed by atoms with Crippen molar-refractivity contribution < 1.29 is 28.6 Å². The molecule has 0 N–H and O–H groups in total. The van der Waals surface area contributed by atoms with Crippen LogP contribution in [-0.4, -0.2) is 37.2 Å². The molecule has 1 atom stereocenters. The minimum absolute atomic E-state index is 0.0912. The highest BCUT2D eigenvalue weighted by molar-refractivity contribution is 5.71. The molecule has 1 unspecified atom stereocenters. The third-order valence-electron chi connectivity index (χ3n) is 12.7. The highest BCUT2D eigenvalue weighted by atomic mass is 16.6. The van der Waals surface area contributed by atoms with Gasteiger partial charge in [-0.05, 0) is 128 Å². The zero-order valence-corrected chi connectivity index (χ0v) is 47.6. The minimum Gasteiger partial charge on any atom is -0.462 e. The molecule has 0 saturated heterocycles. The quantitative estimate of drug-likeness (QED) is 0.0261. The summed E-state index contributed by atoms with van der Waals surface area (Å²) in [6.07, 6.45) is 82.2. The molecule has 0 aliphatic heterocycles. The van der Waals surface area contributed by atoms with Gasteiger partial charge in [-0.2, -0.15) is 0 Å². The molecule has 0 bridgehead atoms. The number of hydrogen-bond donors (Lipinski definition) is 0. The summed E-state index contributed by atoms with van der Waals surface area (Å²) in [4.78, 5) is 38.2. The maximum absolute atomic E-state index is 12.9. The van der Waals surface area contributed by atoms with Crippen LogP contribution in [0.5, 0.6) is 0 Å². The highest BCUT2D eigenvalue weighted by Crippen LogP contribution is 2.14. The Bertz CT molecular complexity index is 1490. The van der Waals surface area contributed by atoms with Crippen LogP contribution in [0.3, 0.4) is 0 Å². The topological polar surface area (TPSA) is 78.9 Å². The van der Waals surface area contributed by atoms with E-state index in [1.54, 1.807) is 0 Å². The van der Waals surface area contributed by atoms with E-state index < -0.39 is 6.10 Å². The van der Waals surface area contributed by atoms with Gasteiger partial charge in [0.05, 0.1) is 0 Å². The van der Waals surface area contributed by atoms with E-state index in [-0.39, 0.29) is 31.1 Å². The lowest BCUT2D eigenvalue weighted by atomic mass is 10.1. The summed E-state index contributed by atoms with van der Waals surface area (Å²) in [7, 11) is 0. The second-order valence-corrected chi connectivity index (χ2v) is 19.9. The van der Waals surface area contributed by atoms with E-state index in [9.17, 15) is 14.4 Å². The summed E-state index contributed by atoms with van der Waals surface area (Å²) in [6.45, 7) is 6.46. The Balaban J connectivity index is 4.34. The van der Waals surface area contributed by atoms with Crippen molar-refractivity contribution >= 4 is 17.9 Å². The SMILES string of the molecule is CC/C=C\C/C=C\C/C=C\C/C=C\C/C=C\C/C=C\CCCCCCCCCCC(=O)OCC(COC(=O)CCCCCCC/C=C\CCCCC)OC(=O)CCCCCCC/C=C\C/C=C\CCCCCC. The summed E-state index contributed by atoms with van der Waals surface area (Å²) >= 11 is 0. The lowest BCUT2D eigenvalue weighted by Gasteiger charge is -2.18. The average molecular weight is 1010 g/mol. The molecule has 0 radical (unpaired) electrons. The van der Waals surface area contributed by atoms with Gasteiger partial charge < -0.3 is 14.2 Å². The fourth-order valence-electron chi connectivity index (χ4n) is 8.18. The molecule has 0 saturated carbocycles. The van der Waals surface area contributed by atoms with Gasteiger partial charge in [0.25, 0.3) is 0 Å². The molecular formula is C67H112O6. The number of hydrogen-bond acceptors (Lipinski definition) is 6. The van der Waals surface area contributed by atoms with Gasteiger partial charge in [-0.1, -0.05) is 239 Å². The number of unbranched alkanes of at least 4 members (excludes halogenated alkanes) is 25. The molecule has 6 nitrogen and oxygen atoms in total. The second-order valence-electron chi connectivity index (χ2n) is 19.9. The van der Waals surface area contributed by atoms with Crippen molar-refractivity contribution in [1.29, 1.82) is 0 Å². The van der Waals surface area contributed by atoms with Crippen LogP contribution in [0.15, 0.2) is 109 Å². The van der Waals surface area contributed by atoms with Crippen LogP contribution < -0.4 is 0 Å². The molecule has 0 fully saturated rings. The summed E-state index contributed by atoms with van der Waals surface area (Å²) in [6, 6.07) is 0. The second kappa shape index (κ2) is 60.6. The van der Waals surface area contributed by atoms with Crippen molar-refractivity contribution in [3.8, 4) is 0 Å². The van der Waals surface area contributed by atoms with Gasteiger partial charge in [-0.3, -0.25) is 14.4 Å². The average Bonchev–Trinajstić information content (AvgIpc) is 3.39. The van der Waals surface area contributed by atoms with Crippen LogP contribution >= 0.6 is 0 Å². The standard InChI is InChI=1S/C67H112O6/c1-4-7-10-13-16-19-22-25-27-29-30-31-32-33-34-35-36-37-38-39-41-42-45-48-51-54-57-60-66(69)72-63-64(62-71-65(68)59-56-53-50-47-44-24-21-18-15-12-9-6-3)73-67(70)61-58-55-52-49-46-43-40-28-26-23-20-17-14-11-8-5-2/h7,10,16,18-21,23,25,27-28,30-31,33-34,36-37,40,64H,4-6,8-9,11-15,17,22,24,26,29,32,35,38-39,41-63H2,1-3H3/b10-7-,19-16-,21-18-,23-20-,27-25-,31-30-,34-33-,37-36-,40-28-. The van der Waals surface area contributed by atoms with Gasteiger partial charge in [-0.15, -0.1) is 0 Å². The monoisotopic (exact) mass is 1010 g/mol. The Kier molecular flexibility index (Phi) is 57.4. The van der Waals surface area contributed by atoms with Crippen LogP contribution in [0.1, 0.15) is 278 Å². The van der Waals surface area contributed by atoms with Crippen molar-refractivity contribution in [2.75, 3.05) is 13.2 Å². The zero-order chi connectivity index (χ0) is 52.9. The molecule has 0 amide bonds. The van der Waals surface area contributed by atoms with Crippen LogP contribution in [0.4, 0.5) is 0 Å². The molecule has 0 aliphatic carbocycles. The summed E-state index contributed by atoms with van der Waals surface area (Å²) in [5, 5.41) is 0. The first-order chi connectivity index (χ1) is 36.0. The molecule has 0 spiro atoms. The van der Waals surface area contributed by atoms with E-state index in [2.05, 4.69) is 130 Å². The van der Waals surface area contributed by atoms with E-state index >= 15 is 0 Å². The van der Waals surface area contributed by atoms with Crippen molar-refractivity contribution in [3.63, 3.8) is 0 Å². The maximum Gasteiger partial charge on any atom is 0.306 e. The minimum atomic E-state index is -0.794. The molecule has 73 heavy (non-hydrogen) atoms. The fraction of sp³-hybridized carbons (Fsp3) is 0.687. The summed E-state index contributed by atoms with van der Waals surface area (Å²) in [5.41, 5.74) is 0. The molecule has 0 aromatic rings. The number of carbonyl (C=O) groups excluding carboxylic acids is 3. The van der Waals surface area contributed by atoms with Crippen LogP contribution in [0.25, 0.3) is 0 Å². The molecular weight excluding hydrogens is 901 g/mol. The Hall–Kier alpha value is -3.93. The Morgan fingerprint density at radius 3 is 0.877 bits per heavy atom.